The number of hydrogen-bond acceptors (Lipinski definition) is 7. The van der Waals surface area contributed by atoms with Gasteiger partial charge in [-0.2, -0.15) is 4.98 Å². The Morgan fingerprint density at radius 3 is 2.92 bits per heavy atom. The number of aryl methyl sites for hydroxylation is 1. The Morgan fingerprint density at radius 1 is 1.28 bits per heavy atom. The van der Waals surface area contributed by atoms with Gasteiger partial charge in [0.25, 0.3) is 0 Å². The summed E-state index contributed by atoms with van der Waals surface area (Å²) in [6.07, 6.45) is 1.78. The number of rotatable bonds is 8. The van der Waals surface area contributed by atoms with Crippen LogP contribution in [0.4, 0.5) is 0 Å². The van der Waals surface area contributed by atoms with Crippen molar-refractivity contribution in [3.05, 3.63) is 46.8 Å². The average Bonchev–Trinajstić information content (AvgIpc) is 3.20. The van der Waals surface area contributed by atoms with E-state index in [-0.39, 0.29) is 6.61 Å². The lowest BCUT2D eigenvalue weighted by Crippen LogP contribution is -2.04. The maximum Gasteiger partial charge on any atom is 0.226 e. The predicted octanol–water partition coefficient (Wildman–Crippen LogP) is 3.68. The average molecular weight is 380 g/mol. The molecule has 25 heavy (non-hydrogen) atoms. The molecular weight excluding hydrogens is 362 g/mol. The lowest BCUT2D eigenvalue weighted by atomic mass is 10.3. The van der Waals surface area contributed by atoms with Gasteiger partial charge in [-0.1, -0.05) is 47.6 Å². The van der Waals surface area contributed by atoms with E-state index in [2.05, 4.69) is 27.3 Å². The zero-order valence-electron chi connectivity index (χ0n) is 14.0. The second-order valence-corrected chi connectivity index (χ2v) is 6.67. The molecule has 0 aliphatic heterocycles. The molecule has 9 heteroatoms. The Kier molecular flexibility index (Phi) is 5.93. The van der Waals surface area contributed by atoms with Gasteiger partial charge in [0.15, 0.2) is 16.8 Å². The first-order chi connectivity index (χ1) is 12.2. The summed E-state index contributed by atoms with van der Waals surface area (Å²) in [5.74, 6) is 3.24. The van der Waals surface area contributed by atoms with Gasteiger partial charge < -0.3 is 13.8 Å². The highest BCUT2D eigenvalue weighted by Gasteiger charge is 2.13. The van der Waals surface area contributed by atoms with Gasteiger partial charge >= 0.3 is 0 Å². The van der Waals surface area contributed by atoms with Gasteiger partial charge in [0.05, 0.1) is 10.8 Å². The fraction of sp³-hybridized carbons (Fsp3) is 0.375. The van der Waals surface area contributed by atoms with E-state index in [9.17, 15) is 0 Å². The molecule has 0 atom stereocenters. The first-order valence-corrected chi connectivity index (χ1v) is 9.23. The van der Waals surface area contributed by atoms with Crippen molar-refractivity contribution in [2.45, 2.75) is 37.3 Å². The van der Waals surface area contributed by atoms with E-state index in [0.29, 0.717) is 34.1 Å². The highest BCUT2D eigenvalue weighted by atomic mass is 35.5. The maximum absolute atomic E-state index is 6.08. The van der Waals surface area contributed by atoms with Crippen LogP contribution in [0.3, 0.4) is 0 Å². The van der Waals surface area contributed by atoms with E-state index in [1.165, 1.54) is 11.8 Å². The predicted molar refractivity (Wildman–Crippen MR) is 94.6 cm³/mol. The highest BCUT2D eigenvalue weighted by Crippen LogP contribution is 2.25. The summed E-state index contributed by atoms with van der Waals surface area (Å²) in [5, 5.41) is 13.7. The number of thioether (sulfide) groups is 1. The van der Waals surface area contributed by atoms with E-state index >= 15 is 0 Å². The van der Waals surface area contributed by atoms with Crippen molar-refractivity contribution in [1.82, 2.24) is 24.9 Å². The van der Waals surface area contributed by atoms with Gasteiger partial charge in [-0.15, -0.1) is 10.2 Å². The molecule has 3 aromatic rings. The van der Waals surface area contributed by atoms with E-state index in [0.717, 1.165) is 18.0 Å². The van der Waals surface area contributed by atoms with Crippen molar-refractivity contribution in [3.63, 3.8) is 0 Å². The second kappa shape index (κ2) is 8.35. The Labute approximate surface area is 154 Å². The largest absolute Gasteiger partial charge is 0.484 e. The molecule has 2 heterocycles. The van der Waals surface area contributed by atoms with E-state index in [1.807, 2.05) is 29.8 Å². The zero-order valence-corrected chi connectivity index (χ0v) is 15.5. The number of nitrogens with zero attached hydrogens (tertiary/aromatic N) is 5. The van der Waals surface area contributed by atoms with Crippen molar-refractivity contribution in [2.24, 2.45) is 7.05 Å². The van der Waals surface area contributed by atoms with Crippen LogP contribution >= 0.6 is 23.4 Å². The molecule has 0 amide bonds. The van der Waals surface area contributed by atoms with Gasteiger partial charge in [-0.3, -0.25) is 0 Å². The van der Waals surface area contributed by atoms with Crippen LogP contribution in [0.2, 0.25) is 5.02 Å². The Hall–Kier alpha value is -2.06. The summed E-state index contributed by atoms with van der Waals surface area (Å²) < 4.78 is 12.8. The molecule has 132 valence electrons. The number of ether oxygens (including phenoxy) is 1. The van der Waals surface area contributed by atoms with Crippen molar-refractivity contribution in [3.8, 4) is 5.75 Å². The molecule has 0 N–H and O–H groups in total. The minimum absolute atomic E-state index is 0.288. The Bertz CT molecular complexity index is 836. The Morgan fingerprint density at radius 2 is 2.12 bits per heavy atom. The molecule has 0 aliphatic rings. The fourth-order valence-electron chi connectivity index (χ4n) is 2.09. The molecule has 2 aromatic heterocycles. The summed E-state index contributed by atoms with van der Waals surface area (Å²) in [6.45, 7) is 2.36. The fourth-order valence-corrected chi connectivity index (χ4v) is 3.06. The summed E-state index contributed by atoms with van der Waals surface area (Å²) >= 11 is 7.58. The molecular formula is C16H18ClN5O2S. The number of aromatic nitrogens is 5. The monoisotopic (exact) mass is 379 g/mol. The molecule has 0 radical (unpaired) electrons. The van der Waals surface area contributed by atoms with Gasteiger partial charge in [-0.25, -0.2) is 0 Å². The van der Waals surface area contributed by atoms with Crippen LogP contribution in [-0.4, -0.2) is 24.9 Å². The molecule has 0 aliphatic carbocycles. The van der Waals surface area contributed by atoms with Crippen LogP contribution in [0.5, 0.6) is 5.75 Å². The highest BCUT2D eigenvalue weighted by molar-refractivity contribution is 7.98. The van der Waals surface area contributed by atoms with E-state index in [4.69, 9.17) is 20.9 Å². The number of hydrogen-bond donors (Lipinski definition) is 0. The van der Waals surface area contributed by atoms with Crippen LogP contribution in [-0.2, 0) is 25.8 Å². The molecule has 0 bridgehead atoms. The van der Waals surface area contributed by atoms with Crippen LogP contribution < -0.4 is 4.74 Å². The molecule has 0 unspecified atom stereocenters. The van der Waals surface area contributed by atoms with Crippen molar-refractivity contribution < 1.29 is 9.26 Å². The molecule has 3 rings (SSSR count). The summed E-state index contributed by atoms with van der Waals surface area (Å²) in [7, 11) is 1.90. The zero-order chi connectivity index (χ0) is 17.6. The SMILES string of the molecule is CCCc1nc(CSc2nnc(COc3ccccc3Cl)n2C)no1. The minimum Gasteiger partial charge on any atom is -0.484 e. The van der Waals surface area contributed by atoms with Crippen molar-refractivity contribution in [1.29, 1.82) is 0 Å². The van der Waals surface area contributed by atoms with Crippen molar-refractivity contribution >= 4 is 23.4 Å². The molecule has 0 fully saturated rings. The third-order valence-electron chi connectivity index (χ3n) is 3.42. The maximum atomic E-state index is 6.08. The lowest BCUT2D eigenvalue weighted by molar-refractivity contribution is 0.290. The number of halogens is 1. The van der Waals surface area contributed by atoms with Crippen LogP contribution in [0.1, 0.15) is 30.9 Å². The third kappa shape index (κ3) is 4.52. The first kappa shape index (κ1) is 17.8. The van der Waals surface area contributed by atoms with Gasteiger partial charge in [0.1, 0.15) is 12.4 Å². The van der Waals surface area contributed by atoms with Gasteiger partial charge in [-0.05, 0) is 18.6 Å². The molecule has 0 spiro atoms. The number of benzene rings is 1. The normalized spacial score (nSPS) is 11.0. The summed E-state index contributed by atoms with van der Waals surface area (Å²) in [4.78, 5) is 4.34. The van der Waals surface area contributed by atoms with E-state index < -0.39 is 0 Å². The first-order valence-electron chi connectivity index (χ1n) is 7.87. The van der Waals surface area contributed by atoms with Crippen LogP contribution in [0.15, 0.2) is 33.9 Å². The number of para-hydroxylation sites is 1. The molecule has 0 saturated carbocycles. The quantitative estimate of drug-likeness (QED) is 0.552. The molecule has 0 saturated heterocycles. The smallest absolute Gasteiger partial charge is 0.226 e. The molecule has 1 aromatic carbocycles. The molecule has 7 nitrogen and oxygen atoms in total. The topological polar surface area (TPSA) is 78.9 Å². The van der Waals surface area contributed by atoms with E-state index in [1.54, 1.807) is 6.07 Å². The van der Waals surface area contributed by atoms with Crippen LogP contribution in [0.25, 0.3) is 0 Å². The second-order valence-electron chi connectivity index (χ2n) is 5.32. The minimum atomic E-state index is 0.288. The lowest BCUT2D eigenvalue weighted by Gasteiger charge is -2.07. The van der Waals surface area contributed by atoms with Crippen LogP contribution in [0, 0.1) is 0 Å². The van der Waals surface area contributed by atoms with Gasteiger partial charge in [0.2, 0.25) is 5.89 Å². The van der Waals surface area contributed by atoms with Crippen molar-refractivity contribution in [2.75, 3.05) is 0 Å². The third-order valence-corrected chi connectivity index (χ3v) is 4.75. The standard InChI is InChI=1S/C16H18ClN5O2S/c1-3-6-15-18-13(21-24-15)10-25-16-20-19-14(22(16)2)9-23-12-8-5-4-7-11(12)17/h4-5,7-8H,3,6,9-10H2,1-2H3. The summed E-state index contributed by atoms with van der Waals surface area (Å²) in [5.41, 5.74) is 0. The Balaban J connectivity index is 1.58. The summed E-state index contributed by atoms with van der Waals surface area (Å²) in [6, 6.07) is 7.33. The van der Waals surface area contributed by atoms with Gasteiger partial charge in [0, 0.05) is 13.5 Å².